The van der Waals surface area contributed by atoms with Gasteiger partial charge in [-0.25, -0.2) is 0 Å². The molecule has 8 nitrogen and oxygen atoms in total. The van der Waals surface area contributed by atoms with E-state index in [0.717, 1.165) is 41.4 Å². The summed E-state index contributed by atoms with van der Waals surface area (Å²) in [6.45, 7) is 4.21. The summed E-state index contributed by atoms with van der Waals surface area (Å²) in [5.74, 6) is -1.16. The van der Waals surface area contributed by atoms with E-state index in [-0.39, 0.29) is 11.6 Å². The summed E-state index contributed by atoms with van der Waals surface area (Å²) in [6, 6.07) is 35.3. The highest BCUT2D eigenvalue weighted by Gasteiger charge is 2.26. The maximum atomic E-state index is 13.5. The molecule has 0 saturated heterocycles. The molecule has 0 aliphatic carbocycles. The van der Waals surface area contributed by atoms with Gasteiger partial charge in [0.1, 0.15) is 16.8 Å². The fraction of sp³-hybridized carbons (Fsp3) is 0.150. The van der Waals surface area contributed by atoms with Gasteiger partial charge in [0.15, 0.2) is 0 Å². The highest BCUT2D eigenvalue weighted by Crippen LogP contribution is 2.38. The number of halogens is 1. The molecule has 1 aromatic heterocycles. The van der Waals surface area contributed by atoms with Crippen molar-refractivity contribution in [2.24, 2.45) is 0 Å². The van der Waals surface area contributed by atoms with E-state index in [4.69, 9.17) is 11.6 Å². The molecule has 3 amide bonds. The number of thioether (sulfide) groups is 1. The number of nitrogens with one attached hydrogen (secondary N) is 3. The van der Waals surface area contributed by atoms with Gasteiger partial charge < -0.3 is 16.0 Å². The minimum Gasteiger partial charge on any atom is -0.321 e. The van der Waals surface area contributed by atoms with Crippen molar-refractivity contribution in [2.45, 2.75) is 36.6 Å². The molecule has 4 aromatic carbocycles. The zero-order valence-corrected chi connectivity index (χ0v) is 30.1. The van der Waals surface area contributed by atoms with Crippen molar-refractivity contribution in [1.82, 2.24) is 10.2 Å². The molecule has 1 aliphatic rings. The summed E-state index contributed by atoms with van der Waals surface area (Å²) >= 11 is 8.85. The lowest BCUT2D eigenvalue weighted by molar-refractivity contribution is -0.115. The lowest BCUT2D eigenvalue weighted by atomic mass is 10.0. The molecular weight excluding hydrogens is 698 g/mol. The molecule has 0 saturated carbocycles. The minimum atomic E-state index is -0.518. The molecule has 1 unspecified atom stereocenters. The summed E-state index contributed by atoms with van der Waals surface area (Å²) in [5, 5.41) is 19.3. The maximum Gasteiger partial charge on any atom is 0.272 e. The van der Waals surface area contributed by atoms with Crippen molar-refractivity contribution in [1.29, 1.82) is 5.26 Å². The van der Waals surface area contributed by atoms with Crippen LogP contribution in [0.15, 0.2) is 120 Å². The van der Waals surface area contributed by atoms with Crippen LogP contribution >= 0.6 is 34.7 Å². The molecule has 11 heteroatoms. The third-order valence-corrected chi connectivity index (χ3v) is 10.7. The van der Waals surface area contributed by atoms with E-state index in [1.54, 1.807) is 79.7 Å². The van der Waals surface area contributed by atoms with Crippen LogP contribution in [0, 0.1) is 11.3 Å². The monoisotopic (exact) mass is 731 g/mol. The highest BCUT2D eigenvalue weighted by molar-refractivity contribution is 8.00. The quantitative estimate of drug-likeness (QED) is 0.0930. The summed E-state index contributed by atoms with van der Waals surface area (Å²) in [6.07, 6.45) is 2.34. The van der Waals surface area contributed by atoms with Crippen molar-refractivity contribution in [3.63, 3.8) is 0 Å². The first-order chi connectivity index (χ1) is 24.7. The number of amides is 3. The van der Waals surface area contributed by atoms with Crippen molar-refractivity contribution < 1.29 is 14.4 Å². The van der Waals surface area contributed by atoms with E-state index in [2.05, 4.69) is 39.1 Å². The predicted molar refractivity (Wildman–Crippen MR) is 206 cm³/mol. The van der Waals surface area contributed by atoms with E-state index in [9.17, 15) is 19.6 Å². The Morgan fingerprint density at radius 3 is 2.41 bits per heavy atom. The average molecular weight is 732 g/mol. The summed E-state index contributed by atoms with van der Waals surface area (Å²) < 4.78 is 0. The number of hydrogen-bond acceptors (Lipinski definition) is 7. The Kier molecular flexibility index (Phi) is 11.7. The number of nitrogens with zero attached hydrogens (tertiary/aromatic N) is 2. The van der Waals surface area contributed by atoms with Crippen LogP contribution in [0.3, 0.4) is 0 Å². The molecule has 5 aromatic rings. The summed E-state index contributed by atoms with van der Waals surface area (Å²) in [4.78, 5) is 44.2. The van der Waals surface area contributed by atoms with Crippen LogP contribution in [-0.4, -0.2) is 34.4 Å². The standard InChI is InChI=1S/C40H34ClN5O3S2/c1-26(37(47)45-40-34(23-42)33-19-20-46(25-36(33)51-40)24-28-9-4-2-5-10-28)50-32-14-8-13-31(22-32)43-39(49)35(21-27-15-17-30(41)18-16-27)44-38(48)29-11-6-3-7-12-29/h2-18,21-22,26H,19-20,24-25H2,1H3,(H,43,49)(H,44,48)(H,45,47)/b35-21-. The molecule has 256 valence electrons. The Bertz CT molecular complexity index is 2110. The first kappa shape index (κ1) is 35.6. The molecule has 3 N–H and O–H groups in total. The Labute approximate surface area is 310 Å². The first-order valence-corrected chi connectivity index (χ1v) is 18.4. The number of fused-ring (bicyclic) bond motifs is 1. The van der Waals surface area contributed by atoms with Crippen LogP contribution < -0.4 is 16.0 Å². The predicted octanol–water partition coefficient (Wildman–Crippen LogP) is 8.36. The van der Waals surface area contributed by atoms with Gasteiger partial charge in [-0.15, -0.1) is 23.1 Å². The number of thiophene rings is 1. The van der Waals surface area contributed by atoms with Crippen molar-refractivity contribution >= 4 is 69.2 Å². The molecular formula is C40H34ClN5O3S2. The zero-order valence-electron chi connectivity index (χ0n) is 27.7. The number of benzene rings is 4. The van der Waals surface area contributed by atoms with Crippen LogP contribution in [-0.2, 0) is 29.1 Å². The molecule has 51 heavy (non-hydrogen) atoms. The van der Waals surface area contributed by atoms with Crippen LogP contribution in [0.1, 0.15) is 44.4 Å². The second kappa shape index (κ2) is 16.7. The van der Waals surface area contributed by atoms with Gasteiger partial charge in [-0.2, -0.15) is 5.26 Å². The van der Waals surface area contributed by atoms with E-state index in [1.165, 1.54) is 28.7 Å². The molecule has 0 radical (unpaired) electrons. The van der Waals surface area contributed by atoms with Gasteiger partial charge in [-0.3, -0.25) is 19.3 Å². The lowest BCUT2D eigenvalue weighted by Crippen LogP contribution is -2.30. The van der Waals surface area contributed by atoms with E-state index in [0.29, 0.717) is 32.4 Å². The third-order valence-electron chi connectivity index (χ3n) is 8.22. The van der Waals surface area contributed by atoms with Crippen molar-refractivity contribution in [3.05, 3.63) is 153 Å². The Morgan fingerprint density at radius 2 is 1.69 bits per heavy atom. The van der Waals surface area contributed by atoms with Gasteiger partial charge in [0.05, 0.1) is 10.8 Å². The van der Waals surface area contributed by atoms with Crippen LogP contribution in [0.4, 0.5) is 10.7 Å². The van der Waals surface area contributed by atoms with Crippen LogP contribution in [0.2, 0.25) is 5.02 Å². The fourth-order valence-corrected chi connectivity index (χ4v) is 7.92. The molecule has 1 aliphatic heterocycles. The largest absolute Gasteiger partial charge is 0.321 e. The number of carbonyl (C=O) groups excluding carboxylic acids is 3. The number of rotatable bonds is 11. The average Bonchev–Trinajstić information content (AvgIpc) is 3.49. The Hall–Kier alpha value is -5.18. The lowest BCUT2D eigenvalue weighted by Gasteiger charge is -2.26. The SMILES string of the molecule is CC(Sc1cccc(NC(=O)/C(=C/c2ccc(Cl)cc2)NC(=O)c2ccccc2)c1)C(=O)Nc1sc2c(c1C#N)CCN(Cc1ccccc1)C2. The maximum absolute atomic E-state index is 13.5. The second-order valence-corrected chi connectivity index (χ2v) is 14.9. The first-order valence-electron chi connectivity index (χ1n) is 16.3. The molecule has 0 fully saturated rings. The number of carbonyl (C=O) groups is 3. The van der Waals surface area contributed by atoms with Gasteiger partial charge in [0.2, 0.25) is 5.91 Å². The van der Waals surface area contributed by atoms with E-state index >= 15 is 0 Å². The van der Waals surface area contributed by atoms with Crippen molar-refractivity contribution in [2.75, 3.05) is 17.2 Å². The highest BCUT2D eigenvalue weighted by atomic mass is 35.5. The number of hydrogen-bond donors (Lipinski definition) is 3. The van der Waals surface area contributed by atoms with Gasteiger partial charge in [-0.1, -0.05) is 78.3 Å². The smallest absolute Gasteiger partial charge is 0.272 e. The topological polar surface area (TPSA) is 114 Å². The van der Waals surface area contributed by atoms with Crippen LogP contribution in [0.5, 0.6) is 0 Å². The van der Waals surface area contributed by atoms with Gasteiger partial charge in [-0.05, 0) is 78.6 Å². The normalized spacial score (nSPS) is 13.4. The van der Waals surface area contributed by atoms with Gasteiger partial charge >= 0.3 is 0 Å². The third kappa shape index (κ3) is 9.34. The van der Waals surface area contributed by atoms with E-state index < -0.39 is 17.1 Å². The fourth-order valence-electron chi connectivity index (χ4n) is 5.62. The summed E-state index contributed by atoms with van der Waals surface area (Å²) in [5.41, 5.74) is 4.44. The molecule has 0 bridgehead atoms. The van der Waals surface area contributed by atoms with E-state index in [1.807, 2.05) is 30.3 Å². The second-order valence-electron chi connectivity index (χ2n) is 11.9. The molecule has 0 spiro atoms. The van der Waals surface area contributed by atoms with Crippen LogP contribution in [0.25, 0.3) is 6.08 Å². The number of nitriles is 1. The molecule has 2 heterocycles. The van der Waals surface area contributed by atoms with Gasteiger partial charge in [0.25, 0.3) is 11.8 Å². The minimum absolute atomic E-state index is 0.0482. The summed E-state index contributed by atoms with van der Waals surface area (Å²) in [7, 11) is 0. The zero-order chi connectivity index (χ0) is 35.7. The Morgan fingerprint density at radius 1 is 0.961 bits per heavy atom. The number of anilines is 2. The van der Waals surface area contributed by atoms with Crippen molar-refractivity contribution in [3.8, 4) is 6.07 Å². The Balaban J connectivity index is 1.11. The van der Waals surface area contributed by atoms with Gasteiger partial charge in [0, 0.05) is 45.7 Å². The molecule has 1 atom stereocenters. The molecule has 6 rings (SSSR count).